The lowest BCUT2D eigenvalue weighted by Crippen LogP contribution is -2.48. The number of rotatable bonds is 5. The van der Waals surface area contributed by atoms with Crippen LogP contribution in [0.3, 0.4) is 0 Å². The average Bonchev–Trinajstić information content (AvgIpc) is 2.86. The molecule has 1 aliphatic rings. The molecule has 24 heavy (non-hydrogen) atoms. The van der Waals surface area contributed by atoms with Crippen LogP contribution in [0.4, 0.5) is 5.69 Å². The fourth-order valence-electron chi connectivity index (χ4n) is 2.94. The Morgan fingerprint density at radius 1 is 1.29 bits per heavy atom. The van der Waals surface area contributed by atoms with Crippen LogP contribution in [0.2, 0.25) is 0 Å². The summed E-state index contributed by atoms with van der Waals surface area (Å²) < 4.78 is 23.4. The highest BCUT2D eigenvalue weighted by atomic mass is 32.2. The van der Waals surface area contributed by atoms with Gasteiger partial charge in [0.05, 0.1) is 4.90 Å². The number of hydrogen-bond donors (Lipinski definition) is 1. The van der Waals surface area contributed by atoms with E-state index in [0.717, 1.165) is 18.2 Å². The first kappa shape index (κ1) is 18.4. The fraction of sp³-hybridized carbons (Fsp3) is 0.529. The van der Waals surface area contributed by atoms with Crippen LogP contribution in [0.25, 0.3) is 0 Å². The third-order valence-corrected chi connectivity index (χ3v) is 5.35. The van der Waals surface area contributed by atoms with E-state index in [1.807, 2.05) is 13.8 Å². The first-order valence-electron chi connectivity index (χ1n) is 8.02. The minimum Gasteiger partial charge on any atom is -0.330 e. The zero-order chi connectivity index (χ0) is 18.1. The van der Waals surface area contributed by atoms with Crippen molar-refractivity contribution in [3.8, 4) is 0 Å². The van der Waals surface area contributed by atoms with Gasteiger partial charge in [0.15, 0.2) is 9.84 Å². The molecule has 1 atom stereocenters. The highest BCUT2D eigenvalue weighted by Crippen LogP contribution is 2.24. The van der Waals surface area contributed by atoms with Gasteiger partial charge in [-0.3, -0.25) is 9.59 Å². The van der Waals surface area contributed by atoms with Gasteiger partial charge in [-0.05, 0) is 37.0 Å². The summed E-state index contributed by atoms with van der Waals surface area (Å²) in [5.74, 6) is -0.329. The van der Waals surface area contributed by atoms with Gasteiger partial charge in [-0.15, -0.1) is 0 Å². The van der Waals surface area contributed by atoms with Crippen molar-refractivity contribution in [1.29, 1.82) is 0 Å². The van der Waals surface area contributed by atoms with Crippen molar-refractivity contribution in [1.82, 2.24) is 4.90 Å². The van der Waals surface area contributed by atoms with Gasteiger partial charge in [0.2, 0.25) is 11.8 Å². The predicted octanol–water partition coefficient (Wildman–Crippen LogP) is 1.98. The topological polar surface area (TPSA) is 83.6 Å². The molecule has 0 bridgehead atoms. The van der Waals surface area contributed by atoms with Crippen LogP contribution >= 0.6 is 0 Å². The van der Waals surface area contributed by atoms with Crippen molar-refractivity contribution in [3.63, 3.8) is 0 Å². The molecule has 1 fully saturated rings. The van der Waals surface area contributed by atoms with E-state index in [9.17, 15) is 18.0 Å². The molecule has 2 amide bonds. The third-order valence-electron chi connectivity index (χ3n) is 4.24. The third kappa shape index (κ3) is 3.95. The summed E-state index contributed by atoms with van der Waals surface area (Å²) in [6.45, 7) is 6.18. The first-order chi connectivity index (χ1) is 11.1. The van der Waals surface area contributed by atoms with Crippen LogP contribution in [-0.2, 0) is 19.4 Å². The Morgan fingerprint density at radius 3 is 2.46 bits per heavy atom. The number of sulfone groups is 1. The lowest BCUT2D eigenvalue weighted by molar-refractivity contribution is -0.136. The van der Waals surface area contributed by atoms with E-state index < -0.39 is 15.9 Å². The highest BCUT2D eigenvalue weighted by molar-refractivity contribution is 7.90. The maximum absolute atomic E-state index is 12.7. The van der Waals surface area contributed by atoms with Crippen LogP contribution in [-0.4, -0.2) is 44.0 Å². The summed E-state index contributed by atoms with van der Waals surface area (Å²) >= 11 is 0. The minimum atomic E-state index is -3.35. The van der Waals surface area contributed by atoms with E-state index in [-0.39, 0.29) is 22.6 Å². The van der Waals surface area contributed by atoms with Gasteiger partial charge in [0.1, 0.15) is 6.04 Å². The van der Waals surface area contributed by atoms with Crippen molar-refractivity contribution < 1.29 is 18.0 Å². The van der Waals surface area contributed by atoms with E-state index in [1.54, 1.807) is 17.9 Å². The summed E-state index contributed by atoms with van der Waals surface area (Å²) in [5, 5.41) is 2.80. The number of carbonyl (C=O) groups excluding carboxylic acids is 2. The fourth-order valence-corrected chi connectivity index (χ4v) is 3.59. The van der Waals surface area contributed by atoms with E-state index in [2.05, 4.69) is 5.32 Å². The molecule has 1 heterocycles. The number of hydrogen-bond acceptors (Lipinski definition) is 4. The second-order valence-corrected chi connectivity index (χ2v) is 8.63. The Morgan fingerprint density at radius 2 is 1.96 bits per heavy atom. The number of carbonyl (C=O) groups is 2. The molecule has 1 unspecified atom stereocenters. The van der Waals surface area contributed by atoms with Crippen molar-refractivity contribution >= 4 is 27.3 Å². The zero-order valence-electron chi connectivity index (χ0n) is 14.5. The zero-order valence-corrected chi connectivity index (χ0v) is 15.3. The molecule has 7 heteroatoms. The van der Waals surface area contributed by atoms with Gasteiger partial charge in [0.25, 0.3) is 0 Å². The number of nitrogens with one attached hydrogen (secondary N) is 1. The number of nitrogens with zero attached hydrogens (tertiary/aromatic N) is 1. The Kier molecular flexibility index (Phi) is 5.32. The Bertz CT molecular complexity index is 756. The second kappa shape index (κ2) is 6.93. The SMILES string of the molecule is Cc1ccc(S(C)(=O)=O)cc1NC(=O)C(C(C)C)N1CCCC1=O. The molecule has 0 spiro atoms. The van der Waals surface area contributed by atoms with Gasteiger partial charge in [0, 0.05) is 24.9 Å². The smallest absolute Gasteiger partial charge is 0.247 e. The lowest BCUT2D eigenvalue weighted by Gasteiger charge is -2.30. The van der Waals surface area contributed by atoms with Crippen LogP contribution in [0.5, 0.6) is 0 Å². The van der Waals surface area contributed by atoms with E-state index in [1.165, 1.54) is 12.1 Å². The van der Waals surface area contributed by atoms with Crippen molar-refractivity contribution in [2.24, 2.45) is 5.92 Å². The van der Waals surface area contributed by atoms with E-state index in [0.29, 0.717) is 18.7 Å². The van der Waals surface area contributed by atoms with Gasteiger partial charge in [-0.1, -0.05) is 19.9 Å². The van der Waals surface area contributed by atoms with Crippen molar-refractivity contribution in [2.45, 2.75) is 44.6 Å². The van der Waals surface area contributed by atoms with Crippen LogP contribution in [0.1, 0.15) is 32.3 Å². The van der Waals surface area contributed by atoms with E-state index in [4.69, 9.17) is 0 Å². The largest absolute Gasteiger partial charge is 0.330 e. The molecular weight excluding hydrogens is 328 g/mol. The molecule has 1 aromatic rings. The van der Waals surface area contributed by atoms with Gasteiger partial charge in [-0.25, -0.2) is 8.42 Å². The number of aryl methyl sites for hydroxylation is 1. The Hall–Kier alpha value is -1.89. The summed E-state index contributed by atoms with van der Waals surface area (Å²) in [6.07, 6.45) is 2.36. The molecule has 0 aromatic heterocycles. The number of benzene rings is 1. The van der Waals surface area contributed by atoms with Gasteiger partial charge < -0.3 is 10.2 Å². The molecule has 0 aliphatic carbocycles. The van der Waals surface area contributed by atoms with Gasteiger partial charge in [-0.2, -0.15) is 0 Å². The van der Waals surface area contributed by atoms with E-state index >= 15 is 0 Å². The first-order valence-corrected chi connectivity index (χ1v) is 9.91. The van der Waals surface area contributed by atoms with Crippen LogP contribution < -0.4 is 5.32 Å². The molecular formula is C17H24N2O4S. The monoisotopic (exact) mass is 352 g/mol. The standard InChI is InChI=1S/C17H24N2O4S/c1-11(2)16(19-9-5-6-15(19)20)17(21)18-14-10-13(24(4,22)23)8-7-12(14)3/h7-8,10-11,16H,5-6,9H2,1-4H3,(H,18,21). The Labute approximate surface area is 143 Å². The number of anilines is 1. The minimum absolute atomic E-state index is 0.00883. The van der Waals surface area contributed by atoms with Crippen molar-refractivity contribution in [3.05, 3.63) is 23.8 Å². The van der Waals surface area contributed by atoms with Crippen LogP contribution in [0, 0.1) is 12.8 Å². The quantitative estimate of drug-likeness (QED) is 0.878. The molecule has 1 aliphatic heterocycles. The molecule has 1 N–H and O–H groups in total. The average molecular weight is 352 g/mol. The van der Waals surface area contributed by atoms with Crippen LogP contribution in [0.15, 0.2) is 23.1 Å². The summed E-state index contributed by atoms with van der Waals surface area (Å²) in [6, 6.07) is 4.09. The maximum Gasteiger partial charge on any atom is 0.247 e. The molecule has 6 nitrogen and oxygen atoms in total. The molecule has 2 rings (SSSR count). The molecule has 0 radical (unpaired) electrons. The molecule has 1 aromatic carbocycles. The second-order valence-electron chi connectivity index (χ2n) is 6.62. The number of amides is 2. The summed E-state index contributed by atoms with van der Waals surface area (Å²) in [5.41, 5.74) is 1.23. The normalized spacial score (nSPS) is 16.5. The van der Waals surface area contributed by atoms with Gasteiger partial charge >= 0.3 is 0 Å². The molecule has 132 valence electrons. The Balaban J connectivity index is 2.28. The van der Waals surface area contributed by atoms with Crippen molar-refractivity contribution in [2.75, 3.05) is 18.1 Å². The highest BCUT2D eigenvalue weighted by Gasteiger charge is 2.35. The molecule has 0 saturated carbocycles. The predicted molar refractivity (Wildman–Crippen MR) is 92.5 cm³/mol. The molecule has 1 saturated heterocycles. The maximum atomic E-state index is 12.7. The summed E-state index contributed by atoms with van der Waals surface area (Å²) in [4.78, 5) is 26.5. The lowest BCUT2D eigenvalue weighted by atomic mass is 10.0. The summed E-state index contributed by atoms with van der Waals surface area (Å²) in [7, 11) is -3.35. The number of likely N-dealkylation sites (tertiary alicyclic amines) is 1.